The molecule has 0 aliphatic carbocycles. The summed E-state index contributed by atoms with van der Waals surface area (Å²) in [4.78, 5) is 16.5. The highest BCUT2D eigenvalue weighted by Crippen LogP contribution is 2.34. The number of H-pyrrole nitrogens is 1. The Morgan fingerprint density at radius 1 is 1.00 bits per heavy atom. The number of halogens is 1. The molecule has 5 rings (SSSR count). The Kier molecular flexibility index (Phi) is 6.09. The van der Waals surface area contributed by atoms with Gasteiger partial charge in [0.25, 0.3) is 0 Å². The van der Waals surface area contributed by atoms with Crippen molar-refractivity contribution in [1.29, 1.82) is 0 Å². The van der Waals surface area contributed by atoms with Crippen LogP contribution in [0.25, 0.3) is 22.5 Å². The second-order valence-corrected chi connectivity index (χ2v) is 7.76. The smallest absolute Gasteiger partial charge is 0.374 e. The average molecular weight is 468 g/mol. The molecule has 0 bridgehead atoms. The Morgan fingerprint density at radius 3 is 2.54 bits per heavy atom. The quantitative estimate of drug-likeness (QED) is 0.291. The van der Waals surface area contributed by atoms with Gasteiger partial charge in [-0.05, 0) is 29.8 Å². The molecule has 1 atom stereocenters. The van der Waals surface area contributed by atoms with Gasteiger partial charge < -0.3 is 14.5 Å². The molecule has 0 fully saturated rings. The van der Waals surface area contributed by atoms with E-state index in [2.05, 4.69) is 20.5 Å². The maximum absolute atomic E-state index is 14.6. The summed E-state index contributed by atoms with van der Waals surface area (Å²) in [5, 5.41) is 10.4. The number of anilines is 1. The number of carbonyl (C=O) groups is 1. The first-order chi connectivity index (χ1) is 17.1. The van der Waals surface area contributed by atoms with Crippen molar-refractivity contribution in [2.75, 3.05) is 12.4 Å². The number of methoxy groups -OCH3 is 1. The van der Waals surface area contributed by atoms with Crippen molar-refractivity contribution >= 4 is 11.9 Å². The highest BCUT2D eigenvalue weighted by molar-refractivity contribution is 5.86. The molecule has 7 nitrogen and oxygen atoms in total. The van der Waals surface area contributed by atoms with E-state index in [0.29, 0.717) is 22.7 Å². The predicted molar refractivity (Wildman–Crippen MR) is 129 cm³/mol. The Bertz CT molecular complexity index is 1440. The number of nitrogens with one attached hydrogen (secondary N) is 2. The van der Waals surface area contributed by atoms with E-state index in [9.17, 15) is 9.18 Å². The molecule has 0 spiro atoms. The summed E-state index contributed by atoms with van der Waals surface area (Å²) in [5.41, 5.74) is 4.19. The second-order valence-electron chi connectivity index (χ2n) is 7.76. The Labute approximate surface area is 200 Å². The van der Waals surface area contributed by atoms with E-state index in [1.807, 2.05) is 42.5 Å². The molecule has 0 radical (unpaired) electrons. The van der Waals surface area contributed by atoms with Crippen molar-refractivity contribution in [1.82, 2.24) is 15.2 Å². The third-order valence-electron chi connectivity index (χ3n) is 5.59. The zero-order valence-electron chi connectivity index (χ0n) is 18.7. The Morgan fingerprint density at radius 2 is 1.80 bits per heavy atom. The molecule has 0 saturated carbocycles. The van der Waals surface area contributed by atoms with E-state index in [0.717, 1.165) is 16.8 Å². The fraction of sp³-hybridized carbons (Fsp3) is 0.0741. The summed E-state index contributed by atoms with van der Waals surface area (Å²) in [6.07, 6.45) is 3.39. The van der Waals surface area contributed by atoms with E-state index in [1.54, 1.807) is 36.7 Å². The molecule has 1 unspecified atom stereocenters. The lowest BCUT2D eigenvalue weighted by Crippen LogP contribution is -2.13. The van der Waals surface area contributed by atoms with Crippen LogP contribution in [0.2, 0.25) is 0 Å². The number of aromatic amines is 1. The van der Waals surface area contributed by atoms with Crippen molar-refractivity contribution in [3.8, 4) is 22.5 Å². The Balaban J connectivity index is 1.56. The van der Waals surface area contributed by atoms with Gasteiger partial charge in [0.05, 0.1) is 30.7 Å². The van der Waals surface area contributed by atoms with Gasteiger partial charge in [-0.15, -0.1) is 0 Å². The maximum atomic E-state index is 14.6. The molecule has 174 valence electrons. The van der Waals surface area contributed by atoms with Crippen LogP contribution in [0.5, 0.6) is 0 Å². The molecular formula is C27H21FN4O3. The van der Waals surface area contributed by atoms with Crippen LogP contribution in [0, 0.1) is 5.82 Å². The Hall–Kier alpha value is -4.72. The lowest BCUT2D eigenvalue weighted by Gasteiger charge is -2.19. The van der Waals surface area contributed by atoms with Crippen molar-refractivity contribution < 1.29 is 18.3 Å². The largest absolute Gasteiger partial charge is 0.463 e. The molecular weight excluding hydrogens is 447 g/mol. The van der Waals surface area contributed by atoms with Gasteiger partial charge >= 0.3 is 5.97 Å². The van der Waals surface area contributed by atoms with Gasteiger partial charge in [-0.25, -0.2) is 9.18 Å². The van der Waals surface area contributed by atoms with E-state index in [-0.39, 0.29) is 11.6 Å². The number of aromatic nitrogens is 3. The molecule has 0 saturated heterocycles. The van der Waals surface area contributed by atoms with Gasteiger partial charge in [-0.1, -0.05) is 48.5 Å². The van der Waals surface area contributed by atoms with Crippen molar-refractivity contribution in [2.24, 2.45) is 0 Å². The first-order valence-electron chi connectivity index (χ1n) is 10.9. The van der Waals surface area contributed by atoms with Crippen LogP contribution in [-0.2, 0) is 4.74 Å². The molecule has 2 N–H and O–H groups in total. The number of rotatable bonds is 7. The van der Waals surface area contributed by atoms with Gasteiger partial charge in [0.1, 0.15) is 5.82 Å². The first-order valence-corrected chi connectivity index (χ1v) is 10.9. The molecule has 2 aromatic carbocycles. The predicted octanol–water partition coefficient (Wildman–Crippen LogP) is 5.86. The number of nitrogens with zero attached hydrogens (tertiary/aromatic N) is 2. The summed E-state index contributed by atoms with van der Waals surface area (Å²) < 4.78 is 25.0. The number of ether oxygens (including phenoxy) is 1. The number of benzene rings is 2. The van der Waals surface area contributed by atoms with Crippen LogP contribution in [-0.4, -0.2) is 28.3 Å². The van der Waals surface area contributed by atoms with Crippen LogP contribution in [0.3, 0.4) is 0 Å². The molecule has 0 amide bonds. The van der Waals surface area contributed by atoms with Crippen LogP contribution >= 0.6 is 0 Å². The number of pyridine rings is 1. The molecule has 0 aliphatic heterocycles. The molecule has 35 heavy (non-hydrogen) atoms. The molecule has 3 aromatic heterocycles. The summed E-state index contributed by atoms with van der Waals surface area (Å²) in [7, 11) is 1.28. The third-order valence-corrected chi connectivity index (χ3v) is 5.59. The minimum Gasteiger partial charge on any atom is -0.463 e. The number of esters is 1. The first kappa shape index (κ1) is 22.1. The van der Waals surface area contributed by atoms with Gasteiger partial charge in [0.2, 0.25) is 5.76 Å². The lowest BCUT2D eigenvalue weighted by atomic mass is 9.96. The van der Waals surface area contributed by atoms with E-state index in [1.165, 1.54) is 19.2 Å². The van der Waals surface area contributed by atoms with Gasteiger partial charge in [-0.2, -0.15) is 5.10 Å². The van der Waals surface area contributed by atoms with Crippen LogP contribution < -0.4 is 5.32 Å². The summed E-state index contributed by atoms with van der Waals surface area (Å²) in [6, 6.07) is 22.8. The lowest BCUT2D eigenvalue weighted by molar-refractivity contribution is 0.0566. The molecule has 5 aromatic rings. The van der Waals surface area contributed by atoms with E-state index < -0.39 is 12.0 Å². The number of hydrogen-bond donors (Lipinski definition) is 2. The topological polar surface area (TPSA) is 93.0 Å². The van der Waals surface area contributed by atoms with Gasteiger partial charge in [-0.3, -0.25) is 10.1 Å². The highest BCUT2D eigenvalue weighted by atomic mass is 19.1. The SMILES string of the molecule is COC(=O)c1ccc(NC(c2ccc(-c3ccccc3)nc2)c2cn[nH]c2-c2ccccc2F)o1. The van der Waals surface area contributed by atoms with Crippen LogP contribution in [0.1, 0.15) is 27.7 Å². The summed E-state index contributed by atoms with van der Waals surface area (Å²) in [5.74, 6) is -0.560. The van der Waals surface area contributed by atoms with Crippen molar-refractivity contribution in [3.05, 3.63) is 114 Å². The summed E-state index contributed by atoms with van der Waals surface area (Å²) in [6.45, 7) is 0. The minimum absolute atomic E-state index is 0.0628. The van der Waals surface area contributed by atoms with Crippen LogP contribution in [0.4, 0.5) is 10.3 Å². The summed E-state index contributed by atoms with van der Waals surface area (Å²) >= 11 is 0. The monoisotopic (exact) mass is 468 g/mol. The maximum Gasteiger partial charge on any atom is 0.374 e. The van der Waals surface area contributed by atoms with Gasteiger partial charge in [0, 0.05) is 29.0 Å². The number of furan rings is 1. The molecule has 8 heteroatoms. The number of carbonyl (C=O) groups excluding carboxylic acids is 1. The fourth-order valence-corrected chi connectivity index (χ4v) is 3.86. The molecule has 0 aliphatic rings. The second kappa shape index (κ2) is 9.64. The fourth-order valence-electron chi connectivity index (χ4n) is 3.86. The van der Waals surface area contributed by atoms with Gasteiger partial charge in [0.15, 0.2) is 5.88 Å². The zero-order valence-corrected chi connectivity index (χ0v) is 18.7. The molecule has 3 heterocycles. The standard InChI is InChI=1S/C27H21FN4O3/c1-34-27(33)23-13-14-24(35-23)31-25(18-11-12-22(29-15-18)17-7-3-2-4-8-17)20-16-30-32-26(20)19-9-5-6-10-21(19)28/h2-16,25,31H,1H3,(H,30,32). The third kappa shape index (κ3) is 4.54. The van der Waals surface area contributed by atoms with E-state index >= 15 is 0 Å². The minimum atomic E-state index is -0.584. The average Bonchev–Trinajstić information content (AvgIpc) is 3.58. The normalized spacial score (nSPS) is 11.7. The number of hydrogen-bond acceptors (Lipinski definition) is 6. The van der Waals surface area contributed by atoms with Crippen molar-refractivity contribution in [3.63, 3.8) is 0 Å². The zero-order chi connectivity index (χ0) is 24.2. The van der Waals surface area contributed by atoms with Crippen molar-refractivity contribution in [2.45, 2.75) is 6.04 Å². The highest BCUT2D eigenvalue weighted by Gasteiger charge is 2.24. The van der Waals surface area contributed by atoms with Crippen LogP contribution in [0.15, 0.2) is 95.7 Å². The van der Waals surface area contributed by atoms with E-state index in [4.69, 9.17) is 9.15 Å².